The number of nitrogens with one attached hydrogen (secondary N) is 1. The highest BCUT2D eigenvalue weighted by atomic mass is 16.5. The number of carbonyl (C=O) groups excluding carboxylic acids is 1. The molecular formula is C18H26N2O2. The van der Waals surface area contributed by atoms with Crippen molar-refractivity contribution in [2.24, 2.45) is 0 Å². The van der Waals surface area contributed by atoms with E-state index in [2.05, 4.69) is 18.3 Å². The van der Waals surface area contributed by atoms with Crippen molar-refractivity contribution in [2.45, 2.75) is 51.5 Å². The Labute approximate surface area is 132 Å². The third-order valence-corrected chi connectivity index (χ3v) is 4.58. The van der Waals surface area contributed by atoms with Crippen molar-refractivity contribution in [3.63, 3.8) is 0 Å². The molecule has 22 heavy (non-hydrogen) atoms. The third kappa shape index (κ3) is 3.54. The van der Waals surface area contributed by atoms with E-state index in [4.69, 9.17) is 4.74 Å². The zero-order valence-corrected chi connectivity index (χ0v) is 13.4. The van der Waals surface area contributed by atoms with Crippen molar-refractivity contribution in [3.8, 4) is 5.75 Å². The van der Waals surface area contributed by atoms with Crippen LogP contribution in [0.1, 0.15) is 44.6 Å². The van der Waals surface area contributed by atoms with Crippen LogP contribution in [-0.4, -0.2) is 36.5 Å². The van der Waals surface area contributed by atoms with Gasteiger partial charge in [-0.2, -0.15) is 0 Å². The largest absolute Gasteiger partial charge is 0.493 e. The number of ether oxygens (including phenoxy) is 1. The van der Waals surface area contributed by atoms with Gasteiger partial charge in [-0.3, -0.25) is 4.79 Å². The van der Waals surface area contributed by atoms with E-state index in [0.717, 1.165) is 50.4 Å². The number of rotatable bonds is 4. The molecule has 0 aliphatic carbocycles. The van der Waals surface area contributed by atoms with Crippen molar-refractivity contribution in [1.82, 2.24) is 4.90 Å². The van der Waals surface area contributed by atoms with Crippen LogP contribution in [0.2, 0.25) is 0 Å². The normalized spacial score (nSPS) is 19.0. The first-order valence-electron chi connectivity index (χ1n) is 8.53. The molecule has 0 saturated carbocycles. The lowest BCUT2D eigenvalue weighted by atomic mass is 10.1. The van der Waals surface area contributed by atoms with Gasteiger partial charge in [0.2, 0.25) is 5.91 Å². The zero-order valence-electron chi connectivity index (χ0n) is 13.4. The molecule has 2 aliphatic rings. The van der Waals surface area contributed by atoms with Crippen molar-refractivity contribution in [3.05, 3.63) is 23.8 Å². The van der Waals surface area contributed by atoms with Gasteiger partial charge in [-0.25, -0.2) is 0 Å². The number of anilines is 1. The van der Waals surface area contributed by atoms with Gasteiger partial charge in [-0.05, 0) is 31.9 Å². The Balaban J connectivity index is 1.57. The van der Waals surface area contributed by atoms with Gasteiger partial charge in [-0.1, -0.05) is 18.9 Å². The highest BCUT2D eigenvalue weighted by molar-refractivity contribution is 5.77. The molecule has 1 N–H and O–H groups in total. The van der Waals surface area contributed by atoms with Crippen molar-refractivity contribution >= 4 is 11.6 Å². The minimum absolute atomic E-state index is 0.142. The Hall–Kier alpha value is -1.71. The molecule has 0 spiro atoms. The van der Waals surface area contributed by atoms with Crippen LogP contribution in [0.25, 0.3) is 0 Å². The summed E-state index contributed by atoms with van der Waals surface area (Å²) in [6.07, 6.45) is 6.32. The Morgan fingerprint density at radius 1 is 1.27 bits per heavy atom. The van der Waals surface area contributed by atoms with Crippen LogP contribution in [0.15, 0.2) is 18.2 Å². The minimum atomic E-state index is 0.142. The summed E-state index contributed by atoms with van der Waals surface area (Å²) < 4.78 is 5.60. The first-order chi connectivity index (χ1) is 10.7. The van der Waals surface area contributed by atoms with Crippen molar-refractivity contribution in [1.29, 1.82) is 0 Å². The Morgan fingerprint density at radius 2 is 2.05 bits per heavy atom. The zero-order chi connectivity index (χ0) is 15.4. The molecule has 2 heterocycles. The molecule has 1 amide bonds. The summed E-state index contributed by atoms with van der Waals surface area (Å²) >= 11 is 0. The Bertz CT molecular complexity index is 522. The molecule has 0 bridgehead atoms. The van der Waals surface area contributed by atoms with Crippen LogP contribution in [0, 0.1) is 0 Å². The van der Waals surface area contributed by atoms with Gasteiger partial charge in [-0.15, -0.1) is 0 Å². The van der Waals surface area contributed by atoms with E-state index in [9.17, 15) is 4.79 Å². The Morgan fingerprint density at radius 3 is 2.82 bits per heavy atom. The summed E-state index contributed by atoms with van der Waals surface area (Å²) in [5, 5.41) is 3.50. The van der Waals surface area contributed by atoms with E-state index >= 15 is 0 Å². The van der Waals surface area contributed by atoms with E-state index in [-0.39, 0.29) is 11.9 Å². The van der Waals surface area contributed by atoms with Crippen LogP contribution in [0.4, 0.5) is 5.69 Å². The maximum atomic E-state index is 12.4. The molecular weight excluding hydrogens is 276 g/mol. The molecule has 1 fully saturated rings. The molecule has 0 aromatic heterocycles. The molecule has 2 aliphatic heterocycles. The fourth-order valence-electron chi connectivity index (χ4n) is 3.38. The third-order valence-electron chi connectivity index (χ3n) is 4.58. The van der Waals surface area contributed by atoms with Gasteiger partial charge in [0.05, 0.1) is 6.61 Å². The van der Waals surface area contributed by atoms with Gasteiger partial charge in [0.15, 0.2) is 0 Å². The number of likely N-dealkylation sites (tertiary alicyclic amines) is 1. The molecule has 0 radical (unpaired) electrons. The van der Waals surface area contributed by atoms with Gasteiger partial charge >= 0.3 is 0 Å². The monoisotopic (exact) mass is 302 g/mol. The van der Waals surface area contributed by atoms with Crippen LogP contribution < -0.4 is 10.1 Å². The van der Waals surface area contributed by atoms with Crippen LogP contribution in [0.3, 0.4) is 0 Å². The number of hydrogen-bond donors (Lipinski definition) is 1. The summed E-state index contributed by atoms with van der Waals surface area (Å²) in [7, 11) is 0. The molecule has 3 rings (SSSR count). The molecule has 1 saturated heterocycles. The summed E-state index contributed by atoms with van der Waals surface area (Å²) in [6, 6.07) is 6.25. The fourth-order valence-corrected chi connectivity index (χ4v) is 3.38. The van der Waals surface area contributed by atoms with Gasteiger partial charge in [0.1, 0.15) is 5.75 Å². The lowest BCUT2D eigenvalue weighted by Gasteiger charge is -2.23. The summed E-state index contributed by atoms with van der Waals surface area (Å²) in [6.45, 7) is 4.71. The molecule has 4 heteroatoms. The molecule has 1 atom stereocenters. The molecule has 1 aromatic carbocycles. The second kappa shape index (κ2) is 7.03. The van der Waals surface area contributed by atoms with E-state index in [1.54, 1.807) is 0 Å². The first-order valence-corrected chi connectivity index (χ1v) is 8.53. The minimum Gasteiger partial charge on any atom is -0.493 e. The molecule has 1 aromatic rings. The predicted octanol–water partition coefficient (Wildman–Crippen LogP) is 3.21. The van der Waals surface area contributed by atoms with Gasteiger partial charge < -0.3 is 15.0 Å². The average molecular weight is 302 g/mol. The number of nitrogens with zero attached hydrogens (tertiary/aromatic N) is 1. The van der Waals surface area contributed by atoms with Crippen LogP contribution in [0.5, 0.6) is 5.75 Å². The first kappa shape index (κ1) is 15.2. The summed E-state index contributed by atoms with van der Waals surface area (Å²) in [5.74, 6) is 1.27. The standard InChI is InChI=1S/C18H26N2O2/c1-14(13-18(21)20-10-4-2-3-5-11-20)19-16-7-6-8-17-15(16)9-12-22-17/h6-8,14,19H,2-5,9-13H2,1H3. The topological polar surface area (TPSA) is 41.6 Å². The van der Waals surface area contributed by atoms with Gasteiger partial charge in [0.25, 0.3) is 0 Å². The van der Waals surface area contributed by atoms with E-state index in [0.29, 0.717) is 6.42 Å². The predicted molar refractivity (Wildman–Crippen MR) is 88.4 cm³/mol. The highest BCUT2D eigenvalue weighted by Gasteiger charge is 2.20. The quantitative estimate of drug-likeness (QED) is 0.928. The number of benzene rings is 1. The molecule has 1 unspecified atom stereocenters. The smallest absolute Gasteiger partial charge is 0.224 e. The number of carbonyl (C=O) groups is 1. The van der Waals surface area contributed by atoms with E-state index < -0.39 is 0 Å². The van der Waals surface area contributed by atoms with Crippen molar-refractivity contribution in [2.75, 3.05) is 25.0 Å². The molecule has 4 nitrogen and oxygen atoms in total. The SMILES string of the molecule is CC(CC(=O)N1CCCCCC1)Nc1cccc2c1CCO2. The Kier molecular flexibility index (Phi) is 4.86. The van der Waals surface area contributed by atoms with E-state index in [1.165, 1.54) is 18.4 Å². The average Bonchev–Trinajstić information content (AvgIpc) is 2.81. The second-order valence-electron chi connectivity index (χ2n) is 6.43. The lowest BCUT2D eigenvalue weighted by Crippen LogP contribution is -2.35. The highest BCUT2D eigenvalue weighted by Crippen LogP contribution is 2.32. The fraction of sp³-hybridized carbons (Fsp3) is 0.611. The number of hydrogen-bond acceptors (Lipinski definition) is 3. The van der Waals surface area contributed by atoms with Gasteiger partial charge in [0, 0.05) is 43.2 Å². The maximum absolute atomic E-state index is 12.4. The number of fused-ring (bicyclic) bond motifs is 1. The van der Waals surface area contributed by atoms with Crippen LogP contribution >= 0.6 is 0 Å². The molecule has 120 valence electrons. The summed E-state index contributed by atoms with van der Waals surface area (Å²) in [4.78, 5) is 14.5. The lowest BCUT2D eigenvalue weighted by molar-refractivity contribution is -0.131. The number of amides is 1. The van der Waals surface area contributed by atoms with Crippen LogP contribution in [-0.2, 0) is 11.2 Å². The second-order valence-corrected chi connectivity index (χ2v) is 6.43. The van der Waals surface area contributed by atoms with Crippen molar-refractivity contribution < 1.29 is 9.53 Å². The maximum Gasteiger partial charge on any atom is 0.224 e. The van der Waals surface area contributed by atoms with E-state index in [1.807, 2.05) is 17.0 Å². The summed E-state index contributed by atoms with van der Waals surface area (Å²) in [5.41, 5.74) is 2.36.